The van der Waals surface area contributed by atoms with E-state index in [4.69, 9.17) is 4.74 Å². The minimum Gasteiger partial charge on any atom is -0.480 e. The van der Waals surface area contributed by atoms with Crippen LogP contribution in [0.15, 0.2) is 42.7 Å². The van der Waals surface area contributed by atoms with Gasteiger partial charge in [0.25, 0.3) is 0 Å². The summed E-state index contributed by atoms with van der Waals surface area (Å²) in [5, 5.41) is 8.23. The number of methoxy groups -OCH3 is 1. The lowest BCUT2D eigenvalue weighted by molar-refractivity contribution is 0.103. The second kappa shape index (κ2) is 9.35. The summed E-state index contributed by atoms with van der Waals surface area (Å²) in [6.45, 7) is 1.71. The lowest BCUT2D eigenvalue weighted by Gasteiger charge is -2.17. The van der Waals surface area contributed by atoms with Crippen molar-refractivity contribution in [3.8, 4) is 17.1 Å². The van der Waals surface area contributed by atoms with Gasteiger partial charge in [-0.15, -0.1) is 10.2 Å². The Morgan fingerprint density at radius 1 is 1.20 bits per heavy atom. The Bertz CT molecular complexity index is 1520. The molecular weight excluding hydrogens is 482 g/mol. The maximum Gasteiger partial charge on any atom is 0.301 e. The molecule has 0 radical (unpaired) electrons. The van der Waals surface area contributed by atoms with Crippen molar-refractivity contribution >= 4 is 32.7 Å². The van der Waals surface area contributed by atoms with Gasteiger partial charge in [-0.3, -0.25) is 9.52 Å². The topological polar surface area (TPSA) is 130 Å². The van der Waals surface area contributed by atoms with E-state index in [0.29, 0.717) is 28.2 Å². The van der Waals surface area contributed by atoms with Crippen molar-refractivity contribution < 1.29 is 26.7 Å². The molecule has 3 heterocycles. The van der Waals surface area contributed by atoms with Gasteiger partial charge in [0.2, 0.25) is 11.7 Å². The average molecular weight is 503 g/mol. The van der Waals surface area contributed by atoms with Gasteiger partial charge in [-0.25, -0.2) is 13.8 Å². The van der Waals surface area contributed by atoms with Crippen LogP contribution in [0, 0.1) is 11.6 Å². The molecule has 0 unspecified atom stereocenters. The quantitative estimate of drug-likeness (QED) is 0.354. The van der Waals surface area contributed by atoms with Crippen LogP contribution in [0.1, 0.15) is 22.8 Å². The molecular formula is C22H20F2N6O4S. The normalized spacial score (nSPS) is 11.7. The Morgan fingerprint density at radius 3 is 2.63 bits per heavy atom. The van der Waals surface area contributed by atoms with Crippen LogP contribution >= 0.6 is 0 Å². The van der Waals surface area contributed by atoms with Crippen LogP contribution in [0.3, 0.4) is 0 Å². The summed E-state index contributed by atoms with van der Waals surface area (Å²) in [4.78, 5) is 20.3. The summed E-state index contributed by atoms with van der Waals surface area (Å²) >= 11 is 0. The highest BCUT2D eigenvalue weighted by molar-refractivity contribution is 7.90. The summed E-state index contributed by atoms with van der Waals surface area (Å²) in [6, 6.07) is 6.57. The van der Waals surface area contributed by atoms with Gasteiger partial charge in [0.1, 0.15) is 11.5 Å². The summed E-state index contributed by atoms with van der Waals surface area (Å²) in [5.41, 5.74) is -0.262. The van der Waals surface area contributed by atoms with Crippen LogP contribution in [-0.4, -0.2) is 59.4 Å². The van der Waals surface area contributed by atoms with Gasteiger partial charge in [-0.2, -0.15) is 12.7 Å². The Hall–Kier alpha value is -3.97. The molecule has 0 atom stereocenters. The van der Waals surface area contributed by atoms with Gasteiger partial charge >= 0.3 is 10.2 Å². The second-order valence-electron chi connectivity index (χ2n) is 7.42. The summed E-state index contributed by atoms with van der Waals surface area (Å²) in [7, 11) is -1.35. The zero-order valence-electron chi connectivity index (χ0n) is 18.8. The molecule has 0 fully saturated rings. The molecule has 2 N–H and O–H groups in total. The van der Waals surface area contributed by atoms with E-state index in [1.54, 1.807) is 25.1 Å². The van der Waals surface area contributed by atoms with E-state index in [2.05, 4.69) is 20.2 Å². The largest absolute Gasteiger partial charge is 0.480 e. The molecule has 0 spiro atoms. The zero-order chi connectivity index (χ0) is 25.3. The lowest BCUT2D eigenvalue weighted by atomic mass is 10.0. The van der Waals surface area contributed by atoms with Crippen molar-refractivity contribution in [1.29, 1.82) is 0 Å². The number of aromatic nitrogens is 4. The molecule has 0 amide bonds. The highest BCUT2D eigenvalue weighted by atomic mass is 32.2. The fourth-order valence-electron chi connectivity index (χ4n) is 3.28. The number of aromatic amines is 1. The first-order chi connectivity index (χ1) is 16.7. The van der Waals surface area contributed by atoms with Crippen molar-refractivity contribution in [1.82, 2.24) is 24.5 Å². The van der Waals surface area contributed by atoms with Crippen LogP contribution in [0.5, 0.6) is 5.88 Å². The molecule has 0 saturated heterocycles. The molecule has 0 saturated carbocycles. The van der Waals surface area contributed by atoms with E-state index >= 15 is 4.39 Å². The van der Waals surface area contributed by atoms with Gasteiger partial charge in [0, 0.05) is 48.6 Å². The minimum absolute atomic E-state index is 0.0562. The maximum atomic E-state index is 15.2. The van der Waals surface area contributed by atoms with Crippen molar-refractivity contribution in [3.63, 3.8) is 0 Å². The second-order valence-corrected chi connectivity index (χ2v) is 9.20. The number of rotatable bonds is 8. The van der Waals surface area contributed by atoms with Crippen molar-refractivity contribution in [2.24, 2.45) is 0 Å². The molecule has 4 rings (SSSR count). The van der Waals surface area contributed by atoms with Gasteiger partial charge in [-0.1, -0.05) is 6.92 Å². The minimum atomic E-state index is -4.10. The first kappa shape index (κ1) is 24.2. The van der Waals surface area contributed by atoms with E-state index in [1.165, 1.54) is 26.6 Å². The van der Waals surface area contributed by atoms with E-state index in [9.17, 15) is 17.6 Å². The maximum absolute atomic E-state index is 15.2. The molecule has 182 valence electrons. The Kier molecular flexibility index (Phi) is 6.45. The van der Waals surface area contributed by atoms with Crippen LogP contribution in [-0.2, 0) is 10.2 Å². The first-order valence-electron chi connectivity index (χ1n) is 10.3. The number of ether oxygens (including phenoxy) is 1. The third kappa shape index (κ3) is 4.55. The van der Waals surface area contributed by atoms with Crippen LogP contribution < -0.4 is 9.46 Å². The number of carbonyl (C=O) groups excluding carboxylic acids is 1. The SMILES string of the molecule is CCN(C)S(=O)(=O)Nc1ccc(F)c(C(=O)c2c[nH]c3ncc(-c4ccc(OC)nn4)cc23)c1F. The van der Waals surface area contributed by atoms with Crippen molar-refractivity contribution in [2.75, 3.05) is 25.4 Å². The molecule has 35 heavy (non-hydrogen) atoms. The number of hydrogen-bond acceptors (Lipinski definition) is 7. The van der Waals surface area contributed by atoms with Crippen LogP contribution in [0.2, 0.25) is 0 Å². The predicted octanol–water partition coefficient (Wildman–Crippen LogP) is 3.15. The molecule has 0 aliphatic carbocycles. The molecule has 0 bridgehead atoms. The third-order valence-corrected chi connectivity index (χ3v) is 6.89. The Morgan fingerprint density at radius 2 is 1.97 bits per heavy atom. The number of hydrogen-bond donors (Lipinski definition) is 2. The third-order valence-electron chi connectivity index (χ3n) is 5.33. The number of carbonyl (C=O) groups is 1. The standard InChI is InChI=1S/C22H20F2N6O4S/c1-4-30(2)35(32,33)29-17-6-5-15(23)19(20(17)24)21(31)14-11-26-22-13(14)9-12(10-25-22)16-7-8-18(34-3)28-27-16/h5-11,29H,4H2,1-3H3,(H,25,26). The molecule has 1 aromatic carbocycles. The smallest absolute Gasteiger partial charge is 0.301 e. The monoisotopic (exact) mass is 502 g/mol. The van der Waals surface area contributed by atoms with Crippen LogP contribution in [0.25, 0.3) is 22.3 Å². The molecule has 10 nitrogen and oxygen atoms in total. The summed E-state index contributed by atoms with van der Waals surface area (Å²) in [6.07, 6.45) is 2.79. The van der Waals surface area contributed by atoms with Gasteiger partial charge < -0.3 is 9.72 Å². The Labute approximate surface area is 199 Å². The first-order valence-corrected chi connectivity index (χ1v) is 11.7. The number of halogens is 2. The number of benzene rings is 1. The van der Waals surface area contributed by atoms with E-state index in [1.807, 2.05) is 4.72 Å². The van der Waals surface area contributed by atoms with Gasteiger partial charge in [0.15, 0.2) is 5.82 Å². The van der Waals surface area contributed by atoms with E-state index in [0.717, 1.165) is 16.4 Å². The molecule has 0 aliphatic heterocycles. The van der Waals surface area contributed by atoms with Gasteiger partial charge in [-0.05, 0) is 24.3 Å². The van der Waals surface area contributed by atoms with E-state index in [-0.39, 0.29) is 12.1 Å². The highest BCUT2D eigenvalue weighted by Gasteiger charge is 2.27. The van der Waals surface area contributed by atoms with Crippen molar-refractivity contribution in [2.45, 2.75) is 6.92 Å². The molecule has 0 aliphatic rings. The zero-order valence-corrected chi connectivity index (χ0v) is 19.7. The lowest BCUT2D eigenvalue weighted by Crippen LogP contribution is -2.32. The summed E-state index contributed by atoms with van der Waals surface area (Å²) in [5.74, 6) is -3.15. The van der Waals surface area contributed by atoms with E-state index < -0.39 is 38.9 Å². The molecule has 13 heteroatoms. The number of nitrogens with zero attached hydrogens (tertiary/aromatic N) is 4. The number of H-pyrrole nitrogens is 1. The average Bonchev–Trinajstić information content (AvgIpc) is 3.28. The Balaban J connectivity index is 1.76. The number of ketones is 1. The fourth-order valence-corrected chi connectivity index (χ4v) is 4.21. The highest BCUT2D eigenvalue weighted by Crippen LogP contribution is 2.29. The number of anilines is 1. The van der Waals surface area contributed by atoms with Gasteiger partial charge in [0.05, 0.1) is 24.1 Å². The molecule has 3 aromatic heterocycles. The predicted molar refractivity (Wildman–Crippen MR) is 124 cm³/mol. The number of pyridine rings is 1. The van der Waals surface area contributed by atoms with Crippen LogP contribution in [0.4, 0.5) is 14.5 Å². The van der Waals surface area contributed by atoms with Crippen molar-refractivity contribution in [3.05, 3.63) is 65.5 Å². The number of fused-ring (bicyclic) bond motifs is 1. The summed E-state index contributed by atoms with van der Waals surface area (Å²) < 4.78 is 62.4. The number of nitrogens with one attached hydrogen (secondary N) is 2. The molecule has 4 aromatic rings. The fraction of sp³-hybridized carbons (Fsp3) is 0.182.